The van der Waals surface area contributed by atoms with Crippen LogP contribution in [0.1, 0.15) is 24.2 Å². The SMILES string of the molecule is Cc1cc(NC(=O)CN(C)[C@H](C)c2cccc([N+](=O)[O-])c2)n(-c2ccc(F)cc2)n1. The zero-order valence-electron chi connectivity index (χ0n) is 16.9. The number of anilines is 1. The number of amides is 1. The van der Waals surface area contributed by atoms with Crippen molar-refractivity contribution in [1.29, 1.82) is 0 Å². The number of aromatic nitrogens is 2. The smallest absolute Gasteiger partial charge is 0.269 e. The molecule has 0 aliphatic carbocycles. The topological polar surface area (TPSA) is 93.3 Å². The van der Waals surface area contributed by atoms with E-state index < -0.39 is 4.92 Å². The molecule has 1 heterocycles. The van der Waals surface area contributed by atoms with Crippen LogP contribution in [0.15, 0.2) is 54.6 Å². The fourth-order valence-corrected chi connectivity index (χ4v) is 3.07. The molecular weight excluding hydrogens is 389 g/mol. The first kappa shape index (κ1) is 21.1. The molecule has 0 bridgehead atoms. The third-order valence-corrected chi connectivity index (χ3v) is 4.79. The zero-order valence-corrected chi connectivity index (χ0v) is 16.9. The molecule has 1 amide bonds. The molecule has 30 heavy (non-hydrogen) atoms. The van der Waals surface area contributed by atoms with Crippen molar-refractivity contribution in [2.45, 2.75) is 19.9 Å². The highest BCUT2D eigenvalue weighted by atomic mass is 19.1. The second kappa shape index (κ2) is 8.83. The van der Waals surface area contributed by atoms with Gasteiger partial charge in [0.25, 0.3) is 5.69 Å². The summed E-state index contributed by atoms with van der Waals surface area (Å²) in [4.78, 5) is 25.0. The van der Waals surface area contributed by atoms with Crippen LogP contribution in [0.3, 0.4) is 0 Å². The van der Waals surface area contributed by atoms with Crippen molar-refractivity contribution in [2.24, 2.45) is 0 Å². The maximum absolute atomic E-state index is 13.2. The molecule has 0 radical (unpaired) electrons. The molecular formula is C21H22FN5O3. The number of halogens is 1. The van der Waals surface area contributed by atoms with Gasteiger partial charge in [0.15, 0.2) is 0 Å². The Hall–Kier alpha value is -3.59. The third-order valence-electron chi connectivity index (χ3n) is 4.79. The Morgan fingerprint density at radius 1 is 1.27 bits per heavy atom. The van der Waals surface area contributed by atoms with Crippen molar-refractivity contribution in [1.82, 2.24) is 14.7 Å². The van der Waals surface area contributed by atoms with Gasteiger partial charge in [-0.05, 0) is 50.7 Å². The number of rotatable bonds is 7. The van der Waals surface area contributed by atoms with Crippen molar-refractivity contribution in [3.05, 3.63) is 81.8 Å². The van der Waals surface area contributed by atoms with E-state index >= 15 is 0 Å². The minimum absolute atomic E-state index is 0.0101. The van der Waals surface area contributed by atoms with Crippen LogP contribution in [-0.4, -0.2) is 39.1 Å². The van der Waals surface area contributed by atoms with E-state index in [-0.39, 0.29) is 30.0 Å². The van der Waals surface area contributed by atoms with Gasteiger partial charge in [-0.25, -0.2) is 9.07 Å². The summed E-state index contributed by atoms with van der Waals surface area (Å²) in [5, 5.41) is 18.2. The van der Waals surface area contributed by atoms with E-state index in [9.17, 15) is 19.3 Å². The van der Waals surface area contributed by atoms with Crippen LogP contribution in [-0.2, 0) is 4.79 Å². The van der Waals surface area contributed by atoms with E-state index in [0.717, 1.165) is 5.56 Å². The summed E-state index contributed by atoms with van der Waals surface area (Å²) in [7, 11) is 1.77. The van der Waals surface area contributed by atoms with Gasteiger partial charge in [0.05, 0.1) is 22.8 Å². The summed E-state index contributed by atoms with van der Waals surface area (Å²) in [6.45, 7) is 3.74. The summed E-state index contributed by atoms with van der Waals surface area (Å²) in [5.41, 5.74) is 2.08. The molecule has 0 unspecified atom stereocenters. The standard InChI is InChI=1S/C21H22FN5O3/c1-14-11-20(26(24-14)18-9-7-17(22)8-10-18)23-21(28)13-25(3)15(2)16-5-4-6-19(12-16)27(29)30/h4-12,15H,13H2,1-3H3,(H,23,28)/t15-/m1/s1. The molecule has 2 aromatic carbocycles. The van der Waals surface area contributed by atoms with Gasteiger partial charge < -0.3 is 5.32 Å². The molecule has 8 nitrogen and oxygen atoms in total. The van der Waals surface area contributed by atoms with E-state index in [1.807, 2.05) is 6.92 Å². The Morgan fingerprint density at radius 3 is 2.63 bits per heavy atom. The lowest BCUT2D eigenvalue weighted by Crippen LogP contribution is -2.32. The minimum atomic E-state index is -0.443. The Balaban J connectivity index is 1.70. The normalized spacial score (nSPS) is 12.0. The van der Waals surface area contributed by atoms with E-state index in [1.165, 1.54) is 28.9 Å². The molecule has 0 saturated heterocycles. The number of nitrogens with zero attached hydrogens (tertiary/aromatic N) is 4. The number of nitro groups is 1. The van der Waals surface area contributed by atoms with E-state index in [1.54, 1.807) is 49.2 Å². The van der Waals surface area contributed by atoms with Gasteiger partial charge >= 0.3 is 0 Å². The molecule has 0 fully saturated rings. The van der Waals surface area contributed by atoms with Crippen LogP contribution in [0.5, 0.6) is 0 Å². The summed E-state index contributed by atoms with van der Waals surface area (Å²) in [6.07, 6.45) is 0. The number of aryl methyl sites for hydroxylation is 1. The molecule has 3 rings (SSSR count). The lowest BCUT2D eigenvalue weighted by atomic mass is 10.1. The lowest BCUT2D eigenvalue weighted by molar-refractivity contribution is -0.384. The van der Waals surface area contributed by atoms with Gasteiger partial charge in [-0.3, -0.25) is 19.8 Å². The van der Waals surface area contributed by atoms with Gasteiger partial charge in [0.1, 0.15) is 11.6 Å². The van der Waals surface area contributed by atoms with E-state index in [4.69, 9.17) is 0 Å². The van der Waals surface area contributed by atoms with Crippen LogP contribution in [0.25, 0.3) is 5.69 Å². The minimum Gasteiger partial charge on any atom is -0.309 e. The van der Waals surface area contributed by atoms with Crippen molar-refractivity contribution >= 4 is 17.4 Å². The predicted octanol–water partition coefficient (Wildman–Crippen LogP) is 3.86. The second-order valence-electron chi connectivity index (χ2n) is 7.05. The van der Waals surface area contributed by atoms with Crippen molar-refractivity contribution in [3.8, 4) is 5.69 Å². The summed E-state index contributed by atoms with van der Waals surface area (Å²) in [5.74, 6) is -0.150. The first-order chi connectivity index (χ1) is 14.2. The Kier molecular flexibility index (Phi) is 6.22. The van der Waals surface area contributed by atoms with Crippen LogP contribution in [0, 0.1) is 22.9 Å². The molecule has 0 saturated carbocycles. The van der Waals surface area contributed by atoms with Crippen LogP contribution >= 0.6 is 0 Å². The molecule has 1 N–H and O–H groups in total. The maximum atomic E-state index is 13.2. The molecule has 1 atom stereocenters. The number of nitro benzene ring substituents is 1. The highest BCUT2D eigenvalue weighted by molar-refractivity contribution is 5.91. The average molecular weight is 411 g/mol. The van der Waals surface area contributed by atoms with Crippen LogP contribution in [0.2, 0.25) is 0 Å². The Bertz CT molecular complexity index is 1060. The van der Waals surface area contributed by atoms with Gasteiger partial charge in [0, 0.05) is 24.2 Å². The number of carbonyl (C=O) groups excluding carboxylic acids is 1. The Morgan fingerprint density at radius 2 is 1.97 bits per heavy atom. The molecule has 156 valence electrons. The zero-order chi connectivity index (χ0) is 21.8. The van der Waals surface area contributed by atoms with Crippen LogP contribution < -0.4 is 5.32 Å². The summed E-state index contributed by atoms with van der Waals surface area (Å²) in [6, 6.07) is 13.7. The first-order valence-electron chi connectivity index (χ1n) is 9.31. The van der Waals surface area contributed by atoms with Gasteiger partial charge in [-0.1, -0.05) is 12.1 Å². The molecule has 0 spiro atoms. The highest BCUT2D eigenvalue weighted by Gasteiger charge is 2.18. The van der Waals surface area contributed by atoms with Gasteiger partial charge in [-0.15, -0.1) is 0 Å². The quantitative estimate of drug-likeness (QED) is 0.471. The maximum Gasteiger partial charge on any atom is 0.269 e. The number of benzene rings is 2. The number of hydrogen-bond donors (Lipinski definition) is 1. The third kappa shape index (κ3) is 4.87. The predicted molar refractivity (Wildman–Crippen MR) is 111 cm³/mol. The Labute approximate surface area is 173 Å². The summed E-state index contributed by atoms with van der Waals surface area (Å²) < 4.78 is 14.7. The van der Waals surface area contributed by atoms with Crippen LogP contribution in [0.4, 0.5) is 15.9 Å². The van der Waals surface area contributed by atoms with Crippen molar-refractivity contribution in [3.63, 3.8) is 0 Å². The molecule has 0 aliphatic rings. The lowest BCUT2D eigenvalue weighted by Gasteiger charge is -2.24. The average Bonchev–Trinajstić information content (AvgIpc) is 3.07. The van der Waals surface area contributed by atoms with E-state index in [0.29, 0.717) is 17.2 Å². The fourth-order valence-electron chi connectivity index (χ4n) is 3.07. The highest BCUT2D eigenvalue weighted by Crippen LogP contribution is 2.23. The molecule has 1 aromatic heterocycles. The largest absolute Gasteiger partial charge is 0.309 e. The van der Waals surface area contributed by atoms with Gasteiger partial charge in [-0.2, -0.15) is 5.10 Å². The van der Waals surface area contributed by atoms with Crippen molar-refractivity contribution < 1.29 is 14.1 Å². The number of non-ortho nitro benzene ring substituents is 1. The van der Waals surface area contributed by atoms with Gasteiger partial charge in [0.2, 0.25) is 5.91 Å². The number of likely N-dealkylation sites (N-methyl/N-ethyl adjacent to an activating group) is 1. The number of carbonyl (C=O) groups is 1. The fraction of sp³-hybridized carbons (Fsp3) is 0.238. The molecule has 3 aromatic rings. The molecule has 9 heteroatoms. The second-order valence-corrected chi connectivity index (χ2v) is 7.05. The number of nitrogens with one attached hydrogen (secondary N) is 1. The molecule has 0 aliphatic heterocycles. The first-order valence-corrected chi connectivity index (χ1v) is 9.31. The van der Waals surface area contributed by atoms with E-state index in [2.05, 4.69) is 10.4 Å². The number of hydrogen-bond acceptors (Lipinski definition) is 5. The summed E-state index contributed by atoms with van der Waals surface area (Å²) >= 11 is 0. The van der Waals surface area contributed by atoms with Crippen molar-refractivity contribution in [2.75, 3.05) is 18.9 Å². The monoisotopic (exact) mass is 411 g/mol.